The summed E-state index contributed by atoms with van der Waals surface area (Å²) in [4.78, 5) is 34.1. The quantitative estimate of drug-likeness (QED) is 0.749. The molecule has 1 heterocycles. The van der Waals surface area contributed by atoms with Gasteiger partial charge in [0.1, 0.15) is 11.8 Å². The molecule has 2 rings (SSSR count). The molecule has 1 unspecified atom stereocenters. The highest BCUT2D eigenvalue weighted by molar-refractivity contribution is 6.01. The molecule has 1 aromatic carbocycles. The van der Waals surface area contributed by atoms with E-state index in [0.29, 0.717) is 11.3 Å². The standard InChI is InChI=1S/C14H13N3O4/c15-7-9-1-3-10(4-2-9)21-8-13(19)16-11-5-6-12(18)17-14(11)20/h1-4,11H,5-6,8H2,(H,16,19)(H,17,18,20). The average Bonchev–Trinajstić information content (AvgIpc) is 2.48. The number of amides is 3. The third kappa shape index (κ3) is 4.04. The molecular formula is C14H13N3O4. The van der Waals surface area contributed by atoms with Gasteiger partial charge in [-0.1, -0.05) is 0 Å². The van der Waals surface area contributed by atoms with Crippen LogP contribution in [0.5, 0.6) is 5.75 Å². The van der Waals surface area contributed by atoms with Crippen molar-refractivity contribution in [2.75, 3.05) is 6.61 Å². The molecular weight excluding hydrogens is 274 g/mol. The van der Waals surface area contributed by atoms with E-state index < -0.39 is 17.9 Å². The topological polar surface area (TPSA) is 108 Å². The van der Waals surface area contributed by atoms with E-state index in [0.717, 1.165) is 0 Å². The predicted molar refractivity (Wildman–Crippen MR) is 71.0 cm³/mol. The first-order valence-corrected chi connectivity index (χ1v) is 6.34. The Morgan fingerprint density at radius 3 is 2.71 bits per heavy atom. The molecule has 21 heavy (non-hydrogen) atoms. The molecule has 1 aliphatic heterocycles. The molecule has 1 fully saturated rings. The van der Waals surface area contributed by atoms with Crippen LogP contribution in [0, 0.1) is 11.3 Å². The highest BCUT2D eigenvalue weighted by Gasteiger charge is 2.27. The number of benzene rings is 1. The van der Waals surface area contributed by atoms with Gasteiger partial charge in [0.2, 0.25) is 11.8 Å². The van der Waals surface area contributed by atoms with Gasteiger partial charge < -0.3 is 10.1 Å². The van der Waals surface area contributed by atoms with E-state index in [1.165, 1.54) is 0 Å². The molecule has 7 nitrogen and oxygen atoms in total. The molecule has 7 heteroatoms. The molecule has 2 N–H and O–H groups in total. The van der Waals surface area contributed by atoms with Crippen molar-refractivity contribution in [2.45, 2.75) is 18.9 Å². The summed E-state index contributed by atoms with van der Waals surface area (Å²) >= 11 is 0. The van der Waals surface area contributed by atoms with Crippen molar-refractivity contribution in [3.05, 3.63) is 29.8 Å². The number of hydrogen-bond donors (Lipinski definition) is 2. The van der Waals surface area contributed by atoms with Crippen LogP contribution in [-0.4, -0.2) is 30.4 Å². The highest BCUT2D eigenvalue weighted by atomic mass is 16.5. The van der Waals surface area contributed by atoms with Gasteiger partial charge in [0, 0.05) is 6.42 Å². The van der Waals surface area contributed by atoms with E-state index in [-0.39, 0.29) is 25.4 Å². The third-order valence-corrected chi connectivity index (χ3v) is 2.93. The Labute approximate surface area is 120 Å². The molecule has 0 aromatic heterocycles. The van der Waals surface area contributed by atoms with Crippen molar-refractivity contribution < 1.29 is 19.1 Å². The third-order valence-electron chi connectivity index (χ3n) is 2.93. The predicted octanol–water partition coefficient (Wildman–Crippen LogP) is -0.142. The van der Waals surface area contributed by atoms with Crippen LogP contribution in [0.3, 0.4) is 0 Å². The second kappa shape index (κ2) is 6.52. The molecule has 1 aliphatic rings. The highest BCUT2D eigenvalue weighted by Crippen LogP contribution is 2.11. The number of nitrogens with one attached hydrogen (secondary N) is 2. The number of imide groups is 1. The second-order valence-electron chi connectivity index (χ2n) is 4.50. The molecule has 1 aromatic rings. The fraction of sp³-hybridized carbons (Fsp3) is 0.286. The minimum atomic E-state index is -0.709. The van der Waals surface area contributed by atoms with Gasteiger partial charge in [-0.3, -0.25) is 19.7 Å². The first-order chi connectivity index (χ1) is 10.1. The smallest absolute Gasteiger partial charge is 0.258 e. The fourth-order valence-corrected chi connectivity index (χ4v) is 1.84. The van der Waals surface area contributed by atoms with Crippen molar-refractivity contribution in [3.8, 4) is 11.8 Å². The summed E-state index contributed by atoms with van der Waals surface area (Å²) in [5.41, 5.74) is 0.496. The van der Waals surface area contributed by atoms with Crippen LogP contribution in [0.1, 0.15) is 18.4 Å². The Kier molecular flexibility index (Phi) is 4.51. The van der Waals surface area contributed by atoms with Gasteiger partial charge in [0.25, 0.3) is 5.91 Å². The molecule has 3 amide bonds. The molecule has 1 saturated heterocycles. The SMILES string of the molecule is N#Cc1ccc(OCC(=O)NC2CCC(=O)NC2=O)cc1. The van der Waals surface area contributed by atoms with E-state index >= 15 is 0 Å². The van der Waals surface area contributed by atoms with Crippen molar-refractivity contribution in [1.82, 2.24) is 10.6 Å². The number of carbonyl (C=O) groups excluding carboxylic acids is 3. The van der Waals surface area contributed by atoms with E-state index in [4.69, 9.17) is 10.00 Å². The molecule has 0 aliphatic carbocycles. The lowest BCUT2D eigenvalue weighted by Crippen LogP contribution is -2.53. The van der Waals surface area contributed by atoms with E-state index in [2.05, 4.69) is 10.6 Å². The van der Waals surface area contributed by atoms with Crippen LogP contribution in [0.15, 0.2) is 24.3 Å². The molecule has 108 valence electrons. The van der Waals surface area contributed by atoms with Crippen LogP contribution in [0.2, 0.25) is 0 Å². The monoisotopic (exact) mass is 287 g/mol. The van der Waals surface area contributed by atoms with Crippen LogP contribution in [0.25, 0.3) is 0 Å². The van der Waals surface area contributed by atoms with Crippen LogP contribution in [-0.2, 0) is 14.4 Å². The Bertz CT molecular complexity index is 604. The van der Waals surface area contributed by atoms with Crippen LogP contribution >= 0.6 is 0 Å². The van der Waals surface area contributed by atoms with Crippen molar-refractivity contribution in [2.24, 2.45) is 0 Å². The molecule has 0 saturated carbocycles. The Balaban J connectivity index is 1.80. The molecule has 0 spiro atoms. The lowest BCUT2D eigenvalue weighted by molar-refractivity contribution is -0.137. The van der Waals surface area contributed by atoms with Crippen LogP contribution < -0.4 is 15.4 Å². The fourth-order valence-electron chi connectivity index (χ4n) is 1.84. The summed E-state index contributed by atoms with van der Waals surface area (Å²) < 4.78 is 5.25. The number of ether oxygens (including phenoxy) is 1. The van der Waals surface area contributed by atoms with Crippen molar-refractivity contribution in [3.63, 3.8) is 0 Å². The number of carbonyl (C=O) groups is 3. The minimum Gasteiger partial charge on any atom is -0.484 e. The maximum Gasteiger partial charge on any atom is 0.258 e. The second-order valence-corrected chi connectivity index (χ2v) is 4.50. The molecule has 1 atom stereocenters. The zero-order valence-electron chi connectivity index (χ0n) is 11.1. The van der Waals surface area contributed by atoms with Gasteiger partial charge in [0.05, 0.1) is 11.6 Å². The Morgan fingerprint density at radius 2 is 2.10 bits per heavy atom. The van der Waals surface area contributed by atoms with Gasteiger partial charge in [-0.15, -0.1) is 0 Å². The summed E-state index contributed by atoms with van der Waals surface area (Å²) in [6.07, 6.45) is 0.487. The maximum absolute atomic E-state index is 11.7. The van der Waals surface area contributed by atoms with Gasteiger partial charge in [-0.05, 0) is 30.7 Å². The number of hydrogen-bond acceptors (Lipinski definition) is 5. The van der Waals surface area contributed by atoms with Crippen molar-refractivity contribution >= 4 is 17.7 Å². The van der Waals surface area contributed by atoms with Gasteiger partial charge in [-0.2, -0.15) is 5.26 Å². The summed E-state index contributed by atoms with van der Waals surface area (Å²) in [5, 5.41) is 13.3. The Hall–Kier alpha value is -2.88. The zero-order chi connectivity index (χ0) is 15.2. The van der Waals surface area contributed by atoms with Gasteiger partial charge >= 0.3 is 0 Å². The first-order valence-electron chi connectivity index (χ1n) is 6.34. The van der Waals surface area contributed by atoms with E-state index in [9.17, 15) is 14.4 Å². The molecule has 0 bridgehead atoms. The first kappa shape index (κ1) is 14.5. The normalized spacial score (nSPS) is 17.6. The minimum absolute atomic E-state index is 0.202. The largest absolute Gasteiger partial charge is 0.484 e. The zero-order valence-corrected chi connectivity index (χ0v) is 11.1. The van der Waals surface area contributed by atoms with Gasteiger partial charge in [0.15, 0.2) is 6.61 Å². The summed E-state index contributed by atoms with van der Waals surface area (Å²) in [7, 11) is 0. The summed E-state index contributed by atoms with van der Waals surface area (Å²) in [6.45, 7) is -0.246. The van der Waals surface area contributed by atoms with Gasteiger partial charge in [-0.25, -0.2) is 0 Å². The van der Waals surface area contributed by atoms with E-state index in [1.54, 1.807) is 24.3 Å². The maximum atomic E-state index is 11.7. The summed E-state index contributed by atoms with van der Waals surface area (Å²) in [5.74, 6) is -0.835. The van der Waals surface area contributed by atoms with E-state index in [1.807, 2.05) is 6.07 Å². The van der Waals surface area contributed by atoms with Crippen LogP contribution in [0.4, 0.5) is 0 Å². The lowest BCUT2D eigenvalue weighted by Gasteiger charge is -2.21. The van der Waals surface area contributed by atoms with Crippen molar-refractivity contribution in [1.29, 1.82) is 5.26 Å². The summed E-state index contributed by atoms with van der Waals surface area (Å²) in [6, 6.07) is 7.58. The number of nitriles is 1. The lowest BCUT2D eigenvalue weighted by atomic mass is 10.1. The number of rotatable bonds is 4. The number of piperidine rings is 1. The average molecular weight is 287 g/mol. The number of nitrogens with zero attached hydrogens (tertiary/aromatic N) is 1. The molecule has 0 radical (unpaired) electrons. The Morgan fingerprint density at radius 1 is 1.38 bits per heavy atom.